The largest absolute Gasteiger partial charge is 0.465 e. The van der Waals surface area contributed by atoms with Crippen LogP contribution >= 0.6 is 46.4 Å². The molecule has 1 atom stereocenters. The van der Waals surface area contributed by atoms with Crippen molar-refractivity contribution in [3.8, 4) is 18.0 Å². The SMILES string of the molecule is C#CC(C)(C)NC(=O)c1cc(Cl)cc(Cl)c1.CCOC(=O)C(Cl)Cc1cc(-n2nc(C)n(C(F)F)c2=O)c(F)cc1Cl. The van der Waals surface area contributed by atoms with Crippen LogP contribution in [0.1, 0.15) is 49.1 Å². The topological polar surface area (TPSA) is 95.2 Å². The van der Waals surface area contributed by atoms with Crippen LogP contribution in [0.5, 0.6) is 0 Å². The highest BCUT2D eigenvalue weighted by molar-refractivity contribution is 6.35. The summed E-state index contributed by atoms with van der Waals surface area (Å²) in [6.45, 7) is 3.27. The van der Waals surface area contributed by atoms with E-state index in [-0.39, 0.29) is 45.6 Å². The number of ether oxygens (including phenoxy) is 1. The number of nitrogens with one attached hydrogen (secondary N) is 1. The number of amides is 1. The summed E-state index contributed by atoms with van der Waals surface area (Å²) in [5, 5.41) is 6.03. The van der Waals surface area contributed by atoms with Crippen LogP contribution in [-0.4, -0.2) is 43.7 Å². The van der Waals surface area contributed by atoms with E-state index in [2.05, 4.69) is 16.3 Å². The minimum absolute atomic E-state index is 0.0424. The fraction of sp³-hybridized carbons (Fsp3) is 0.333. The van der Waals surface area contributed by atoms with Crippen molar-refractivity contribution in [2.45, 2.75) is 51.6 Å². The van der Waals surface area contributed by atoms with Gasteiger partial charge in [0.1, 0.15) is 16.9 Å². The molecule has 3 aromatic rings. The van der Waals surface area contributed by atoms with Gasteiger partial charge in [-0.3, -0.25) is 9.59 Å². The number of carbonyl (C=O) groups is 2. The Balaban J connectivity index is 0.000000330. The Hall–Kier alpha value is -3.17. The second kappa shape index (κ2) is 14.8. The first-order chi connectivity index (χ1) is 19.5. The van der Waals surface area contributed by atoms with E-state index < -0.39 is 34.9 Å². The van der Waals surface area contributed by atoms with Crippen molar-refractivity contribution in [3.05, 3.63) is 78.7 Å². The molecule has 0 aliphatic heterocycles. The molecule has 226 valence electrons. The predicted molar refractivity (Wildman–Crippen MR) is 156 cm³/mol. The first-order valence-electron chi connectivity index (χ1n) is 12.0. The lowest BCUT2D eigenvalue weighted by molar-refractivity contribution is -0.142. The number of aromatic nitrogens is 3. The highest BCUT2D eigenvalue weighted by Crippen LogP contribution is 2.26. The van der Waals surface area contributed by atoms with Crippen molar-refractivity contribution < 1.29 is 27.5 Å². The molecule has 0 fully saturated rings. The van der Waals surface area contributed by atoms with Gasteiger partial charge in [0, 0.05) is 27.1 Å². The van der Waals surface area contributed by atoms with Crippen molar-refractivity contribution in [2.75, 3.05) is 6.61 Å². The van der Waals surface area contributed by atoms with Crippen LogP contribution in [0.15, 0.2) is 35.1 Å². The van der Waals surface area contributed by atoms with E-state index in [1.807, 2.05) is 0 Å². The Bertz CT molecular complexity index is 1550. The van der Waals surface area contributed by atoms with E-state index in [0.29, 0.717) is 20.3 Å². The number of alkyl halides is 3. The molecule has 0 bridgehead atoms. The van der Waals surface area contributed by atoms with Crippen molar-refractivity contribution >= 4 is 58.3 Å². The molecule has 1 N–H and O–H groups in total. The van der Waals surface area contributed by atoms with Gasteiger partial charge < -0.3 is 10.1 Å². The predicted octanol–water partition coefficient (Wildman–Crippen LogP) is 6.38. The van der Waals surface area contributed by atoms with Gasteiger partial charge in [-0.05, 0) is 63.6 Å². The third-order valence-electron chi connectivity index (χ3n) is 5.37. The molecule has 1 aromatic heterocycles. The van der Waals surface area contributed by atoms with Gasteiger partial charge in [0.05, 0.1) is 12.1 Å². The number of esters is 1. The van der Waals surface area contributed by atoms with Crippen molar-refractivity contribution in [3.63, 3.8) is 0 Å². The Kier molecular flexibility index (Phi) is 12.4. The maximum Gasteiger partial charge on any atom is 0.355 e. The molecule has 0 saturated heterocycles. The lowest BCUT2D eigenvalue weighted by atomic mass is 10.1. The van der Waals surface area contributed by atoms with E-state index in [1.165, 1.54) is 19.1 Å². The second-order valence-corrected chi connectivity index (χ2v) is 10.9. The lowest BCUT2D eigenvalue weighted by Crippen LogP contribution is -2.42. The van der Waals surface area contributed by atoms with Crippen LogP contribution in [-0.2, 0) is 16.0 Å². The maximum absolute atomic E-state index is 14.2. The molecular formula is C27H25Cl4F3N4O4. The average Bonchev–Trinajstić information content (AvgIpc) is 3.18. The fourth-order valence-electron chi connectivity index (χ4n) is 3.34. The van der Waals surface area contributed by atoms with E-state index in [4.69, 9.17) is 57.6 Å². The van der Waals surface area contributed by atoms with E-state index >= 15 is 0 Å². The van der Waals surface area contributed by atoms with Crippen molar-refractivity contribution in [1.82, 2.24) is 19.7 Å². The maximum atomic E-state index is 14.2. The van der Waals surface area contributed by atoms with E-state index in [1.54, 1.807) is 26.8 Å². The number of aryl methyl sites for hydroxylation is 1. The van der Waals surface area contributed by atoms with Crippen LogP contribution in [0.25, 0.3) is 5.69 Å². The standard InChI is InChI=1S/C15H14Cl2F3N3O3.C12H11Cl2NO/c1-3-26-13(24)10(17)4-8-5-12(11(18)6-9(8)16)23-15(25)22(14(19)20)7(2)21-23;1-4-12(2,3)15-11(16)8-5-9(13)7-10(14)6-8/h5-6,10,14H,3-4H2,1-2H3;1,5-7H,2-3H3,(H,15,16). The Labute approximate surface area is 259 Å². The molecule has 3 rings (SSSR count). The number of hydrogen-bond donors (Lipinski definition) is 1. The van der Waals surface area contributed by atoms with Gasteiger partial charge in [0.25, 0.3) is 5.91 Å². The zero-order valence-electron chi connectivity index (χ0n) is 22.7. The lowest BCUT2D eigenvalue weighted by Gasteiger charge is -2.19. The van der Waals surface area contributed by atoms with Gasteiger partial charge in [0.15, 0.2) is 5.82 Å². The summed E-state index contributed by atoms with van der Waals surface area (Å²) >= 11 is 23.5. The van der Waals surface area contributed by atoms with Gasteiger partial charge in [-0.2, -0.15) is 13.5 Å². The number of carbonyl (C=O) groups excluding carboxylic acids is 2. The second-order valence-electron chi connectivity index (χ2n) is 9.09. The molecule has 15 heteroatoms. The summed E-state index contributed by atoms with van der Waals surface area (Å²) in [6, 6.07) is 6.66. The van der Waals surface area contributed by atoms with Crippen molar-refractivity contribution in [2.24, 2.45) is 0 Å². The summed E-state index contributed by atoms with van der Waals surface area (Å²) in [5.41, 5.74) is -1.68. The van der Waals surface area contributed by atoms with Crippen LogP contribution < -0.4 is 11.0 Å². The van der Waals surface area contributed by atoms with Gasteiger partial charge in [0.2, 0.25) is 0 Å². The highest BCUT2D eigenvalue weighted by Gasteiger charge is 2.24. The van der Waals surface area contributed by atoms with Crippen LogP contribution in [0.4, 0.5) is 13.2 Å². The van der Waals surface area contributed by atoms with Crippen LogP contribution in [0.3, 0.4) is 0 Å². The molecule has 42 heavy (non-hydrogen) atoms. The smallest absolute Gasteiger partial charge is 0.355 e. The third-order valence-corrected chi connectivity index (χ3v) is 6.49. The molecule has 0 aliphatic carbocycles. The van der Waals surface area contributed by atoms with Gasteiger partial charge in [-0.25, -0.2) is 13.8 Å². The van der Waals surface area contributed by atoms with Gasteiger partial charge in [-0.15, -0.1) is 23.1 Å². The van der Waals surface area contributed by atoms with E-state index in [0.717, 1.165) is 12.1 Å². The summed E-state index contributed by atoms with van der Waals surface area (Å²) in [5.74, 6) is 0.254. The van der Waals surface area contributed by atoms with Gasteiger partial charge >= 0.3 is 18.2 Å². The van der Waals surface area contributed by atoms with Crippen molar-refractivity contribution in [1.29, 1.82) is 0 Å². The molecule has 1 heterocycles. The van der Waals surface area contributed by atoms with Crippen LogP contribution in [0.2, 0.25) is 15.1 Å². The number of rotatable bonds is 8. The molecule has 8 nitrogen and oxygen atoms in total. The summed E-state index contributed by atoms with van der Waals surface area (Å²) in [7, 11) is 0. The number of nitrogens with zero attached hydrogens (tertiary/aromatic N) is 3. The normalized spacial score (nSPS) is 11.8. The minimum atomic E-state index is -3.12. The number of benzene rings is 2. The molecular weight excluding hydrogens is 643 g/mol. The summed E-state index contributed by atoms with van der Waals surface area (Å²) in [6.07, 6.45) is 5.16. The average molecular weight is 668 g/mol. The zero-order chi connectivity index (χ0) is 31.9. The monoisotopic (exact) mass is 666 g/mol. The Morgan fingerprint density at radius 3 is 2.24 bits per heavy atom. The number of hydrogen-bond acceptors (Lipinski definition) is 5. The molecule has 0 aliphatic rings. The summed E-state index contributed by atoms with van der Waals surface area (Å²) < 4.78 is 45.5. The number of terminal acetylenes is 1. The molecule has 0 spiro atoms. The summed E-state index contributed by atoms with van der Waals surface area (Å²) in [4.78, 5) is 35.5. The first kappa shape index (κ1) is 35.0. The molecule has 0 saturated carbocycles. The zero-order valence-corrected chi connectivity index (χ0v) is 25.7. The molecule has 2 aromatic carbocycles. The number of halogens is 7. The Morgan fingerprint density at radius 1 is 1.14 bits per heavy atom. The fourth-order valence-corrected chi connectivity index (χ4v) is 4.33. The molecule has 1 unspecified atom stereocenters. The molecule has 0 radical (unpaired) electrons. The molecule has 1 amide bonds. The minimum Gasteiger partial charge on any atom is -0.465 e. The van der Waals surface area contributed by atoms with Gasteiger partial charge in [-0.1, -0.05) is 40.7 Å². The quantitative estimate of drug-likeness (QED) is 0.171. The first-order valence-corrected chi connectivity index (χ1v) is 13.6. The third kappa shape index (κ3) is 9.16. The Morgan fingerprint density at radius 2 is 1.74 bits per heavy atom. The van der Waals surface area contributed by atoms with E-state index in [9.17, 15) is 27.6 Å². The highest BCUT2D eigenvalue weighted by atomic mass is 35.5. The van der Waals surface area contributed by atoms with Crippen LogP contribution in [0, 0.1) is 25.1 Å².